The highest BCUT2D eigenvalue weighted by Crippen LogP contribution is 2.29. The smallest absolute Gasteiger partial charge is 0.241 e. The van der Waals surface area contributed by atoms with Crippen LogP contribution in [0.5, 0.6) is 5.75 Å². The number of carbonyl (C=O) groups excluding carboxylic acids is 2. The number of thiocarbonyl (C=S) groups is 1. The molecule has 0 bridgehead atoms. The molecule has 1 saturated heterocycles. The van der Waals surface area contributed by atoms with Crippen LogP contribution < -0.4 is 10.1 Å². The molecule has 1 atom stereocenters. The number of nitrogens with zero attached hydrogens (tertiary/aromatic N) is 1. The van der Waals surface area contributed by atoms with Gasteiger partial charge in [0.1, 0.15) is 10.1 Å². The van der Waals surface area contributed by atoms with Crippen molar-refractivity contribution in [3.05, 3.63) is 24.3 Å². The first-order valence-electron chi connectivity index (χ1n) is 8.10. The number of rotatable bonds is 8. The van der Waals surface area contributed by atoms with Gasteiger partial charge in [-0.1, -0.05) is 43.0 Å². The van der Waals surface area contributed by atoms with Crippen LogP contribution >= 0.6 is 24.0 Å². The van der Waals surface area contributed by atoms with Gasteiger partial charge in [-0.2, -0.15) is 0 Å². The fourth-order valence-corrected chi connectivity index (χ4v) is 3.90. The molecule has 1 aromatic carbocycles. The Balaban J connectivity index is 1.82. The van der Waals surface area contributed by atoms with E-state index in [4.69, 9.17) is 17.0 Å². The van der Waals surface area contributed by atoms with E-state index < -0.39 is 0 Å². The lowest BCUT2D eigenvalue weighted by atomic mass is 10.2. The van der Waals surface area contributed by atoms with E-state index in [1.807, 2.05) is 38.1 Å². The van der Waals surface area contributed by atoms with E-state index in [9.17, 15) is 9.59 Å². The van der Waals surface area contributed by atoms with Crippen molar-refractivity contribution in [3.63, 3.8) is 0 Å². The van der Waals surface area contributed by atoms with Crippen LogP contribution in [0.15, 0.2) is 24.3 Å². The number of hydrogen-bond donors (Lipinski definition) is 1. The van der Waals surface area contributed by atoms with Crippen LogP contribution in [0.4, 0.5) is 5.69 Å². The molecule has 7 heteroatoms. The van der Waals surface area contributed by atoms with Gasteiger partial charge < -0.3 is 10.1 Å². The van der Waals surface area contributed by atoms with E-state index in [0.717, 1.165) is 6.42 Å². The van der Waals surface area contributed by atoms with Gasteiger partial charge in [-0.3, -0.25) is 14.5 Å². The molecular weight excluding hydrogens is 344 g/mol. The fraction of sp³-hybridized carbons (Fsp3) is 0.471. The van der Waals surface area contributed by atoms with Gasteiger partial charge in [-0.15, -0.1) is 0 Å². The SMILES string of the molecule is CCOc1ccccc1NC(=O)CCCN1C(=O)C(CC)SC1=S. The Bertz CT molecular complexity index is 622. The predicted molar refractivity (Wildman–Crippen MR) is 101 cm³/mol. The first kappa shape index (κ1) is 18.7. The van der Waals surface area contributed by atoms with Gasteiger partial charge in [0.15, 0.2) is 0 Å². The highest BCUT2D eigenvalue weighted by Gasteiger charge is 2.35. The molecule has 0 saturated carbocycles. The lowest BCUT2D eigenvalue weighted by Crippen LogP contribution is -2.32. The molecule has 24 heavy (non-hydrogen) atoms. The molecule has 130 valence electrons. The van der Waals surface area contributed by atoms with Gasteiger partial charge in [-0.05, 0) is 31.9 Å². The summed E-state index contributed by atoms with van der Waals surface area (Å²) >= 11 is 6.68. The first-order valence-corrected chi connectivity index (χ1v) is 9.39. The Labute approximate surface area is 152 Å². The Morgan fingerprint density at radius 2 is 2.12 bits per heavy atom. The zero-order valence-corrected chi connectivity index (χ0v) is 15.5. The van der Waals surface area contributed by atoms with Crippen LogP contribution in [0, 0.1) is 0 Å². The molecule has 1 aliphatic heterocycles. The number of amides is 2. The Morgan fingerprint density at radius 1 is 1.38 bits per heavy atom. The quantitative estimate of drug-likeness (QED) is 0.714. The maximum Gasteiger partial charge on any atom is 0.241 e. The summed E-state index contributed by atoms with van der Waals surface area (Å²) in [5.41, 5.74) is 0.665. The molecule has 0 radical (unpaired) electrons. The van der Waals surface area contributed by atoms with Crippen molar-refractivity contribution in [2.45, 2.75) is 38.4 Å². The maximum absolute atomic E-state index is 12.1. The number of thioether (sulfide) groups is 1. The minimum absolute atomic E-state index is 0.0644. The van der Waals surface area contributed by atoms with E-state index in [-0.39, 0.29) is 17.1 Å². The van der Waals surface area contributed by atoms with Crippen molar-refractivity contribution in [3.8, 4) is 5.75 Å². The predicted octanol–water partition coefficient (Wildman–Crippen LogP) is 3.44. The summed E-state index contributed by atoms with van der Waals surface area (Å²) < 4.78 is 6.11. The second-order valence-corrected chi connectivity index (χ2v) is 7.19. The normalized spacial score (nSPS) is 17.2. The Morgan fingerprint density at radius 3 is 2.79 bits per heavy atom. The van der Waals surface area contributed by atoms with Gasteiger partial charge in [0.2, 0.25) is 11.8 Å². The van der Waals surface area contributed by atoms with Crippen molar-refractivity contribution in [2.24, 2.45) is 0 Å². The van der Waals surface area contributed by atoms with Crippen molar-refractivity contribution in [1.29, 1.82) is 0 Å². The highest BCUT2D eigenvalue weighted by atomic mass is 32.2. The van der Waals surface area contributed by atoms with Crippen LogP contribution in [0.2, 0.25) is 0 Å². The van der Waals surface area contributed by atoms with Crippen LogP contribution in [0.25, 0.3) is 0 Å². The number of ether oxygens (including phenoxy) is 1. The molecule has 1 unspecified atom stereocenters. The molecule has 0 aliphatic carbocycles. The number of nitrogens with one attached hydrogen (secondary N) is 1. The van der Waals surface area contributed by atoms with E-state index in [1.165, 1.54) is 11.8 Å². The average Bonchev–Trinajstić information content (AvgIpc) is 2.84. The van der Waals surface area contributed by atoms with Crippen LogP contribution in [-0.2, 0) is 9.59 Å². The topological polar surface area (TPSA) is 58.6 Å². The van der Waals surface area contributed by atoms with Crippen molar-refractivity contribution in [1.82, 2.24) is 4.90 Å². The van der Waals surface area contributed by atoms with E-state index >= 15 is 0 Å². The summed E-state index contributed by atoms with van der Waals surface area (Å²) in [6.45, 7) is 4.90. The lowest BCUT2D eigenvalue weighted by molar-refractivity contribution is -0.126. The molecule has 1 aromatic rings. The molecule has 1 fully saturated rings. The van der Waals surface area contributed by atoms with Crippen molar-refractivity contribution < 1.29 is 14.3 Å². The number of carbonyl (C=O) groups is 2. The van der Waals surface area contributed by atoms with Crippen LogP contribution in [0.1, 0.15) is 33.1 Å². The van der Waals surface area contributed by atoms with Crippen molar-refractivity contribution >= 4 is 45.8 Å². The summed E-state index contributed by atoms with van der Waals surface area (Å²) in [6, 6.07) is 7.34. The summed E-state index contributed by atoms with van der Waals surface area (Å²) in [7, 11) is 0. The number of hydrogen-bond acceptors (Lipinski definition) is 5. The summed E-state index contributed by atoms with van der Waals surface area (Å²) in [5, 5.41) is 2.79. The third-order valence-corrected chi connectivity index (χ3v) is 5.37. The van der Waals surface area contributed by atoms with E-state index in [1.54, 1.807) is 4.90 Å². The van der Waals surface area contributed by atoms with E-state index in [0.29, 0.717) is 41.8 Å². The highest BCUT2D eigenvalue weighted by molar-refractivity contribution is 8.24. The lowest BCUT2D eigenvalue weighted by Gasteiger charge is -2.15. The molecule has 0 spiro atoms. The standard InChI is InChI=1S/C17H22N2O3S2/c1-3-14-16(21)19(17(23)24-14)11-7-10-15(20)18-12-8-5-6-9-13(12)22-4-2/h5-6,8-9,14H,3-4,7,10-11H2,1-2H3,(H,18,20). The molecular formula is C17H22N2O3S2. The molecule has 1 N–H and O–H groups in total. The second kappa shape index (κ2) is 9.03. The summed E-state index contributed by atoms with van der Waals surface area (Å²) in [4.78, 5) is 25.9. The molecule has 0 aromatic heterocycles. The van der Waals surface area contributed by atoms with Gasteiger partial charge in [0.25, 0.3) is 0 Å². The average molecular weight is 367 g/mol. The van der Waals surface area contributed by atoms with E-state index in [2.05, 4.69) is 5.32 Å². The Hall–Kier alpha value is -1.60. The minimum Gasteiger partial charge on any atom is -0.492 e. The largest absolute Gasteiger partial charge is 0.492 e. The third-order valence-electron chi connectivity index (χ3n) is 3.62. The van der Waals surface area contributed by atoms with Crippen LogP contribution in [0.3, 0.4) is 0 Å². The zero-order valence-electron chi connectivity index (χ0n) is 13.9. The molecule has 5 nitrogen and oxygen atoms in total. The van der Waals surface area contributed by atoms with Crippen molar-refractivity contribution in [2.75, 3.05) is 18.5 Å². The number of anilines is 1. The second-order valence-electron chi connectivity index (χ2n) is 5.35. The fourth-order valence-electron chi connectivity index (χ4n) is 2.42. The van der Waals surface area contributed by atoms with Gasteiger partial charge in [0.05, 0.1) is 17.5 Å². The summed E-state index contributed by atoms with van der Waals surface area (Å²) in [5.74, 6) is 0.625. The van der Waals surface area contributed by atoms with Gasteiger partial charge >= 0.3 is 0 Å². The molecule has 2 rings (SSSR count). The van der Waals surface area contributed by atoms with Gasteiger partial charge in [-0.25, -0.2) is 0 Å². The minimum atomic E-state index is -0.0978. The third kappa shape index (κ3) is 4.70. The number of benzene rings is 1. The number of para-hydroxylation sites is 2. The zero-order chi connectivity index (χ0) is 17.5. The summed E-state index contributed by atoms with van der Waals surface area (Å²) in [6.07, 6.45) is 1.68. The van der Waals surface area contributed by atoms with Crippen LogP contribution in [-0.4, -0.2) is 39.4 Å². The van der Waals surface area contributed by atoms with Gasteiger partial charge in [0, 0.05) is 13.0 Å². The first-order chi connectivity index (χ1) is 11.6. The molecule has 2 amide bonds. The molecule has 1 heterocycles. The maximum atomic E-state index is 12.1. The Kier molecular flexibility index (Phi) is 7.05. The molecule has 1 aliphatic rings. The monoisotopic (exact) mass is 366 g/mol.